The summed E-state index contributed by atoms with van der Waals surface area (Å²) in [5, 5.41) is 0.636. The molecule has 0 aliphatic heterocycles. The molecule has 0 bridgehead atoms. The predicted molar refractivity (Wildman–Crippen MR) is 76.0 cm³/mol. The van der Waals surface area contributed by atoms with Crippen molar-refractivity contribution in [2.75, 3.05) is 6.54 Å². The first kappa shape index (κ1) is 13.2. The maximum atomic E-state index is 12.2. The highest BCUT2D eigenvalue weighted by Crippen LogP contribution is 2.24. The van der Waals surface area contributed by atoms with Crippen molar-refractivity contribution in [2.24, 2.45) is 11.7 Å². The fourth-order valence-electron chi connectivity index (χ4n) is 1.91. The summed E-state index contributed by atoms with van der Waals surface area (Å²) < 4.78 is 1.08. The number of unbranched alkanes of at least 4 members (excludes halogenated alkanes) is 1. The van der Waals surface area contributed by atoms with E-state index in [4.69, 9.17) is 5.73 Å². The summed E-state index contributed by atoms with van der Waals surface area (Å²) in [6, 6.07) is 7.87. The van der Waals surface area contributed by atoms with E-state index in [1.54, 1.807) is 0 Å². The normalized spacial score (nSPS) is 12.8. The maximum absolute atomic E-state index is 12.2. The molecule has 1 aromatic carbocycles. The summed E-state index contributed by atoms with van der Waals surface area (Å²) in [5.74, 6) is 0.199. The molecule has 1 aromatic heterocycles. The molecule has 0 unspecified atom stereocenters. The van der Waals surface area contributed by atoms with Gasteiger partial charge in [0.1, 0.15) is 0 Å². The van der Waals surface area contributed by atoms with Gasteiger partial charge < -0.3 is 5.73 Å². The summed E-state index contributed by atoms with van der Waals surface area (Å²) in [6.07, 6.45) is 2.89. The monoisotopic (exact) mass is 262 g/mol. The minimum atomic E-state index is 0.0390. The zero-order chi connectivity index (χ0) is 13.0. The van der Waals surface area contributed by atoms with Crippen molar-refractivity contribution >= 4 is 27.3 Å². The average molecular weight is 262 g/mol. The molecule has 3 nitrogen and oxygen atoms in total. The lowest BCUT2D eigenvalue weighted by Gasteiger charge is -2.07. The van der Waals surface area contributed by atoms with Crippen molar-refractivity contribution in [3.63, 3.8) is 0 Å². The Hall–Kier alpha value is -1.26. The number of carbonyl (C=O) groups excluding carboxylic acids is 1. The number of hydrogen-bond donors (Lipinski definition) is 1. The van der Waals surface area contributed by atoms with Crippen molar-refractivity contribution in [1.29, 1.82) is 0 Å². The quantitative estimate of drug-likeness (QED) is 0.642. The molecule has 96 valence electrons. The smallest absolute Gasteiger partial charge is 0.194 e. The Morgan fingerprint density at radius 1 is 1.39 bits per heavy atom. The number of carbonyl (C=O) groups is 1. The van der Waals surface area contributed by atoms with Gasteiger partial charge in [-0.3, -0.25) is 4.79 Å². The minimum Gasteiger partial charge on any atom is -0.330 e. The molecule has 0 saturated heterocycles. The van der Waals surface area contributed by atoms with Gasteiger partial charge in [-0.1, -0.05) is 25.5 Å². The van der Waals surface area contributed by atoms with Gasteiger partial charge in [-0.25, -0.2) is 4.98 Å². The van der Waals surface area contributed by atoms with Crippen LogP contribution in [0.25, 0.3) is 10.2 Å². The van der Waals surface area contributed by atoms with Crippen molar-refractivity contribution in [2.45, 2.75) is 26.2 Å². The van der Waals surface area contributed by atoms with Crippen molar-refractivity contribution in [1.82, 2.24) is 4.98 Å². The Morgan fingerprint density at radius 2 is 2.17 bits per heavy atom. The molecule has 4 heteroatoms. The zero-order valence-corrected chi connectivity index (χ0v) is 11.4. The Balaban J connectivity index is 2.08. The molecule has 0 fully saturated rings. The second-order valence-electron chi connectivity index (χ2n) is 4.54. The molecule has 18 heavy (non-hydrogen) atoms. The van der Waals surface area contributed by atoms with Crippen LogP contribution in [0.2, 0.25) is 0 Å². The van der Waals surface area contributed by atoms with E-state index >= 15 is 0 Å². The van der Waals surface area contributed by atoms with Crippen molar-refractivity contribution < 1.29 is 4.79 Å². The zero-order valence-electron chi connectivity index (χ0n) is 10.6. The number of para-hydroxylation sites is 1. The molecule has 0 saturated carbocycles. The molecular formula is C14H18N2OS. The van der Waals surface area contributed by atoms with Crippen LogP contribution in [0, 0.1) is 5.92 Å². The van der Waals surface area contributed by atoms with Crippen LogP contribution < -0.4 is 5.73 Å². The van der Waals surface area contributed by atoms with Gasteiger partial charge in [0.25, 0.3) is 0 Å². The van der Waals surface area contributed by atoms with Crippen LogP contribution in [0.5, 0.6) is 0 Å². The van der Waals surface area contributed by atoms with Crippen LogP contribution in [0.3, 0.4) is 0 Å². The number of aromatic nitrogens is 1. The van der Waals surface area contributed by atoms with Gasteiger partial charge in [-0.05, 0) is 31.5 Å². The largest absolute Gasteiger partial charge is 0.330 e. The third kappa shape index (κ3) is 2.94. The SMILES string of the molecule is C[C@@H](CCCCN)C(=O)c1nc2ccccc2s1. The molecule has 1 atom stereocenters. The Kier molecular flexibility index (Phi) is 4.44. The number of Topliss-reactive ketones (excluding diaryl/α,β-unsaturated/α-hetero) is 1. The lowest BCUT2D eigenvalue weighted by molar-refractivity contribution is 0.0922. The fourth-order valence-corrected chi connectivity index (χ4v) is 2.93. The van der Waals surface area contributed by atoms with E-state index < -0.39 is 0 Å². The molecule has 2 aromatic rings. The highest BCUT2D eigenvalue weighted by atomic mass is 32.1. The number of nitrogens with two attached hydrogens (primary N) is 1. The van der Waals surface area contributed by atoms with Gasteiger partial charge >= 0.3 is 0 Å². The predicted octanol–water partition coefficient (Wildman–Crippen LogP) is 3.24. The van der Waals surface area contributed by atoms with Crippen LogP contribution in [-0.2, 0) is 0 Å². The number of benzene rings is 1. The van der Waals surface area contributed by atoms with E-state index in [1.165, 1.54) is 11.3 Å². The van der Waals surface area contributed by atoms with E-state index in [9.17, 15) is 4.79 Å². The molecular weight excluding hydrogens is 244 g/mol. The Labute approximate surface area is 111 Å². The molecule has 0 aliphatic rings. The van der Waals surface area contributed by atoms with Gasteiger partial charge in [0, 0.05) is 5.92 Å². The molecule has 1 heterocycles. The third-order valence-corrected chi connectivity index (χ3v) is 4.09. The van der Waals surface area contributed by atoms with Gasteiger partial charge in [-0.2, -0.15) is 0 Å². The highest BCUT2D eigenvalue weighted by Gasteiger charge is 2.18. The van der Waals surface area contributed by atoms with E-state index in [0.717, 1.165) is 29.5 Å². The Bertz CT molecular complexity index is 502. The molecule has 2 rings (SSSR count). The summed E-state index contributed by atoms with van der Waals surface area (Å²) in [6.45, 7) is 2.67. The number of ketones is 1. The standard InChI is InChI=1S/C14H18N2OS/c1-10(6-4-5-9-15)13(17)14-16-11-7-2-3-8-12(11)18-14/h2-3,7-8,10H,4-6,9,15H2,1H3/t10-/m0/s1. The first-order valence-corrected chi connectivity index (χ1v) is 7.14. The fraction of sp³-hybridized carbons (Fsp3) is 0.429. The van der Waals surface area contributed by atoms with Gasteiger partial charge in [0.05, 0.1) is 10.2 Å². The lowest BCUT2D eigenvalue weighted by atomic mass is 10.00. The second kappa shape index (κ2) is 6.07. The van der Waals surface area contributed by atoms with E-state index in [-0.39, 0.29) is 11.7 Å². The van der Waals surface area contributed by atoms with E-state index in [2.05, 4.69) is 4.98 Å². The summed E-state index contributed by atoms with van der Waals surface area (Å²) in [5.41, 5.74) is 6.37. The van der Waals surface area contributed by atoms with Crippen molar-refractivity contribution in [3.8, 4) is 0 Å². The van der Waals surface area contributed by atoms with Gasteiger partial charge in [0.15, 0.2) is 10.8 Å². The second-order valence-corrected chi connectivity index (χ2v) is 5.57. The maximum Gasteiger partial charge on any atom is 0.194 e. The van der Waals surface area contributed by atoms with Gasteiger partial charge in [-0.15, -0.1) is 11.3 Å². The Morgan fingerprint density at radius 3 is 2.89 bits per heavy atom. The van der Waals surface area contributed by atoms with Crippen LogP contribution >= 0.6 is 11.3 Å². The van der Waals surface area contributed by atoms with E-state index in [0.29, 0.717) is 11.6 Å². The number of fused-ring (bicyclic) bond motifs is 1. The first-order valence-electron chi connectivity index (χ1n) is 6.32. The first-order chi connectivity index (χ1) is 8.72. The topological polar surface area (TPSA) is 56.0 Å². The van der Waals surface area contributed by atoms with E-state index in [1.807, 2.05) is 31.2 Å². The van der Waals surface area contributed by atoms with Crippen LogP contribution in [0.1, 0.15) is 36.0 Å². The molecule has 2 N–H and O–H groups in total. The number of hydrogen-bond acceptors (Lipinski definition) is 4. The lowest BCUT2D eigenvalue weighted by Crippen LogP contribution is -2.11. The average Bonchev–Trinajstić information content (AvgIpc) is 2.81. The van der Waals surface area contributed by atoms with Gasteiger partial charge in [0.2, 0.25) is 0 Å². The van der Waals surface area contributed by atoms with Crippen LogP contribution in [0.15, 0.2) is 24.3 Å². The minimum absolute atomic E-state index is 0.0390. The molecule has 0 aliphatic carbocycles. The summed E-state index contributed by atoms with van der Waals surface area (Å²) >= 11 is 1.49. The molecule has 0 radical (unpaired) electrons. The van der Waals surface area contributed by atoms with Crippen LogP contribution in [0.4, 0.5) is 0 Å². The molecule has 0 amide bonds. The summed E-state index contributed by atoms with van der Waals surface area (Å²) in [4.78, 5) is 16.6. The van der Waals surface area contributed by atoms with Crippen LogP contribution in [-0.4, -0.2) is 17.3 Å². The summed E-state index contributed by atoms with van der Waals surface area (Å²) in [7, 11) is 0. The number of rotatable bonds is 6. The number of nitrogens with zero attached hydrogens (tertiary/aromatic N) is 1. The van der Waals surface area contributed by atoms with Crippen molar-refractivity contribution in [3.05, 3.63) is 29.3 Å². The molecule has 0 spiro atoms. The highest BCUT2D eigenvalue weighted by molar-refractivity contribution is 7.20. The third-order valence-electron chi connectivity index (χ3n) is 3.04. The number of thiazole rings is 1.